The summed E-state index contributed by atoms with van der Waals surface area (Å²) in [6.07, 6.45) is 7.69. The van der Waals surface area contributed by atoms with Gasteiger partial charge in [0.15, 0.2) is 0 Å². The Balaban J connectivity index is 1.98. The van der Waals surface area contributed by atoms with Gasteiger partial charge in [-0.05, 0) is 25.2 Å². The van der Waals surface area contributed by atoms with Gasteiger partial charge in [0.1, 0.15) is 0 Å². The van der Waals surface area contributed by atoms with E-state index in [0.717, 1.165) is 36.6 Å². The average Bonchev–Trinajstić information content (AvgIpc) is 2.73. The molecule has 1 N–H and O–H groups in total. The lowest BCUT2D eigenvalue weighted by molar-refractivity contribution is 0.210. The number of anilines is 1. The van der Waals surface area contributed by atoms with E-state index in [0.29, 0.717) is 6.61 Å². The molecule has 0 aromatic carbocycles. The van der Waals surface area contributed by atoms with Gasteiger partial charge in [0.05, 0.1) is 12.3 Å². The van der Waals surface area contributed by atoms with Crippen LogP contribution < -0.4 is 5.32 Å². The van der Waals surface area contributed by atoms with E-state index >= 15 is 0 Å². The molecule has 4 nitrogen and oxygen atoms in total. The molecule has 0 radical (unpaired) electrons. The Kier molecular flexibility index (Phi) is 5.25. The van der Waals surface area contributed by atoms with Crippen LogP contribution in [-0.4, -0.2) is 29.8 Å². The third-order valence-corrected chi connectivity index (χ3v) is 4.21. The van der Waals surface area contributed by atoms with Crippen molar-refractivity contribution in [3.05, 3.63) is 11.9 Å². The lowest BCUT2D eigenvalue weighted by atomic mass is 9.80. The molecule has 1 fully saturated rings. The molecular formula is C15H27N3O. The highest BCUT2D eigenvalue weighted by atomic mass is 16.5. The first-order valence-electron chi connectivity index (χ1n) is 7.47. The van der Waals surface area contributed by atoms with E-state index in [-0.39, 0.29) is 0 Å². The highest BCUT2D eigenvalue weighted by molar-refractivity contribution is 5.28. The third kappa shape index (κ3) is 3.96. The third-order valence-electron chi connectivity index (χ3n) is 4.21. The molecule has 1 aliphatic rings. The van der Waals surface area contributed by atoms with E-state index in [9.17, 15) is 0 Å². The number of methoxy groups -OCH3 is 1. The molecule has 4 heteroatoms. The number of aromatic nitrogens is 2. The van der Waals surface area contributed by atoms with Crippen molar-refractivity contribution in [2.45, 2.75) is 46.1 Å². The maximum atomic E-state index is 5.08. The topological polar surface area (TPSA) is 39.1 Å². The number of hydrogen-bond donors (Lipinski definition) is 1. The van der Waals surface area contributed by atoms with Crippen LogP contribution in [0.3, 0.4) is 0 Å². The Hall–Kier alpha value is -1.03. The fourth-order valence-electron chi connectivity index (χ4n) is 3.01. The summed E-state index contributed by atoms with van der Waals surface area (Å²) in [5.74, 6) is 2.63. The van der Waals surface area contributed by atoms with Gasteiger partial charge in [-0.2, -0.15) is 0 Å². The van der Waals surface area contributed by atoms with Gasteiger partial charge >= 0.3 is 0 Å². The van der Waals surface area contributed by atoms with Gasteiger partial charge in [-0.25, -0.2) is 4.98 Å². The first kappa shape index (κ1) is 14.4. The van der Waals surface area contributed by atoms with Crippen LogP contribution >= 0.6 is 0 Å². The van der Waals surface area contributed by atoms with Crippen molar-refractivity contribution in [1.82, 2.24) is 9.55 Å². The molecule has 1 heterocycles. The number of hydrogen-bond acceptors (Lipinski definition) is 3. The number of imidazole rings is 1. The molecule has 0 bridgehead atoms. The molecule has 0 saturated heterocycles. The van der Waals surface area contributed by atoms with Crippen LogP contribution in [0.4, 0.5) is 5.95 Å². The largest absolute Gasteiger partial charge is 0.383 e. The van der Waals surface area contributed by atoms with Gasteiger partial charge in [-0.1, -0.05) is 26.2 Å². The summed E-state index contributed by atoms with van der Waals surface area (Å²) in [5.41, 5.74) is 1.09. The molecule has 0 amide bonds. The van der Waals surface area contributed by atoms with Crippen molar-refractivity contribution >= 4 is 5.95 Å². The van der Waals surface area contributed by atoms with Crippen LogP contribution in [0.5, 0.6) is 0 Å². The standard InChI is InChI=1S/C15H27N3O/c1-12-6-4-5-7-14(12)11-18-10-13(2)17-15(18)16-8-9-19-3/h10,12,14H,4-9,11H2,1-3H3,(H,16,17). The molecule has 2 rings (SSSR count). The summed E-state index contributed by atoms with van der Waals surface area (Å²) in [6, 6.07) is 0. The van der Waals surface area contributed by atoms with Crippen molar-refractivity contribution < 1.29 is 4.74 Å². The van der Waals surface area contributed by atoms with E-state index in [4.69, 9.17) is 4.74 Å². The Morgan fingerprint density at radius 2 is 2.21 bits per heavy atom. The number of nitrogens with one attached hydrogen (secondary N) is 1. The van der Waals surface area contributed by atoms with Crippen LogP contribution in [0.2, 0.25) is 0 Å². The maximum Gasteiger partial charge on any atom is 0.203 e. The summed E-state index contributed by atoms with van der Waals surface area (Å²) in [7, 11) is 1.73. The molecule has 1 saturated carbocycles. The molecule has 0 aliphatic heterocycles. The van der Waals surface area contributed by atoms with Gasteiger partial charge in [-0.15, -0.1) is 0 Å². The molecule has 1 aliphatic carbocycles. The molecule has 0 spiro atoms. The predicted octanol–water partition coefficient (Wildman–Crippen LogP) is 3.08. The second-order valence-electron chi connectivity index (χ2n) is 5.80. The summed E-state index contributed by atoms with van der Waals surface area (Å²) < 4.78 is 7.37. The van der Waals surface area contributed by atoms with E-state index in [1.54, 1.807) is 7.11 Å². The summed E-state index contributed by atoms with van der Waals surface area (Å²) in [4.78, 5) is 4.57. The van der Waals surface area contributed by atoms with Crippen molar-refractivity contribution in [1.29, 1.82) is 0 Å². The molecule has 108 valence electrons. The normalized spacial score (nSPS) is 23.5. The Labute approximate surface area is 116 Å². The van der Waals surface area contributed by atoms with Crippen LogP contribution in [0.1, 0.15) is 38.3 Å². The first-order valence-corrected chi connectivity index (χ1v) is 7.47. The number of ether oxygens (including phenoxy) is 1. The quantitative estimate of drug-likeness (QED) is 0.803. The highest BCUT2D eigenvalue weighted by Gasteiger charge is 2.22. The van der Waals surface area contributed by atoms with Crippen LogP contribution in [0.15, 0.2) is 6.20 Å². The first-order chi connectivity index (χ1) is 9.20. The second kappa shape index (κ2) is 6.94. The Morgan fingerprint density at radius 1 is 1.42 bits per heavy atom. The van der Waals surface area contributed by atoms with Crippen molar-refractivity contribution in [3.8, 4) is 0 Å². The van der Waals surface area contributed by atoms with Crippen molar-refractivity contribution in [2.75, 3.05) is 25.6 Å². The van der Waals surface area contributed by atoms with Crippen LogP contribution in [0, 0.1) is 18.8 Å². The number of nitrogens with zero attached hydrogens (tertiary/aromatic N) is 2. The van der Waals surface area contributed by atoms with Gasteiger partial charge < -0.3 is 14.6 Å². The van der Waals surface area contributed by atoms with Gasteiger partial charge in [0.25, 0.3) is 0 Å². The molecule has 2 unspecified atom stereocenters. The van der Waals surface area contributed by atoms with Crippen LogP contribution in [-0.2, 0) is 11.3 Å². The molecule has 1 aromatic rings. The minimum absolute atomic E-state index is 0.714. The zero-order chi connectivity index (χ0) is 13.7. The predicted molar refractivity (Wildman–Crippen MR) is 78.5 cm³/mol. The molecular weight excluding hydrogens is 238 g/mol. The number of aryl methyl sites for hydroxylation is 1. The Bertz CT molecular complexity index is 389. The van der Waals surface area contributed by atoms with Crippen molar-refractivity contribution in [3.63, 3.8) is 0 Å². The number of rotatable bonds is 6. The summed E-state index contributed by atoms with van der Waals surface area (Å²) in [6.45, 7) is 7.07. The van der Waals surface area contributed by atoms with E-state index in [1.807, 2.05) is 0 Å². The Morgan fingerprint density at radius 3 is 2.95 bits per heavy atom. The van der Waals surface area contributed by atoms with E-state index < -0.39 is 0 Å². The zero-order valence-corrected chi connectivity index (χ0v) is 12.5. The average molecular weight is 265 g/mol. The van der Waals surface area contributed by atoms with Gasteiger partial charge in [0, 0.05) is 26.4 Å². The lowest BCUT2D eigenvalue weighted by Crippen LogP contribution is -2.23. The minimum Gasteiger partial charge on any atom is -0.383 e. The molecule has 1 aromatic heterocycles. The fourth-order valence-corrected chi connectivity index (χ4v) is 3.01. The van der Waals surface area contributed by atoms with Crippen LogP contribution in [0.25, 0.3) is 0 Å². The van der Waals surface area contributed by atoms with Gasteiger partial charge in [0.2, 0.25) is 5.95 Å². The minimum atomic E-state index is 0.714. The monoisotopic (exact) mass is 265 g/mol. The van der Waals surface area contributed by atoms with E-state index in [1.165, 1.54) is 25.7 Å². The zero-order valence-electron chi connectivity index (χ0n) is 12.5. The van der Waals surface area contributed by atoms with E-state index in [2.05, 4.69) is 34.9 Å². The fraction of sp³-hybridized carbons (Fsp3) is 0.800. The summed E-state index contributed by atoms with van der Waals surface area (Å²) in [5, 5.41) is 3.37. The van der Waals surface area contributed by atoms with Crippen molar-refractivity contribution in [2.24, 2.45) is 11.8 Å². The lowest BCUT2D eigenvalue weighted by Gasteiger charge is -2.29. The highest BCUT2D eigenvalue weighted by Crippen LogP contribution is 2.31. The SMILES string of the molecule is COCCNc1nc(C)cn1CC1CCCCC1C. The second-order valence-corrected chi connectivity index (χ2v) is 5.80. The smallest absolute Gasteiger partial charge is 0.203 e. The van der Waals surface area contributed by atoms with Gasteiger partial charge in [-0.3, -0.25) is 0 Å². The summed E-state index contributed by atoms with van der Waals surface area (Å²) >= 11 is 0. The maximum absolute atomic E-state index is 5.08. The molecule has 19 heavy (non-hydrogen) atoms. The molecule has 2 atom stereocenters.